The second-order valence-corrected chi connectivity index (χ2v) is 9.39. The van der Waals surface area contributed by atoms with E-state index in [1.807, 2.05) is 18.2 Å². The molecule has 4 heterocycles. The zero-order chi connectivity index (χ0) is 26.2. The van der Waals surface area contributed by atoms with Gasteiger partial charge in [-0.05, 0) is 30.7 Å². The van der Waals surface area contributed by atoms with Gasteiger partial charge in [-0.15, -0.1) is 0 Å². The summed E-state index contributed by atoms with van der Waals surface area (Å²) in [6, 6.07) is 8.37. The molecule has 0 unspecified atom stereocenters. The fourth-order valence-corrected chi connectivity index (χ4v) is 4.88. The lowest BCUT2D eigenvalue weighted by Gasteiger charge is -2.39. The van der Waals surface area contributed by atoms with Crippen LogP contribution in [0.5, 0.6) is 0 Å². The molecular formula is C25H28F3N7O2. The van der Waals surface area contributed by atoms with Gasteiger partial charge in [-0.2, -0.15) is 13.2 Å². The molecule has 37 heavy (non-hydrogen) atoms. The first-order valence-electron chi connectivity index (χ1n) is 12.0. The average molecular weight is 516 g/mol. The Labute approximate surface area is 211 Å². The minimum Gasteiger partial charge on any atom is -0.397 e. The topological polar surface area (TPSA) is 123 Å². The van der Waals surface area contributed by atoms with Gasteiger partial charge in [0.2, 0.25) is 0 Å². The molecule has 2 aromatic heterocycles. The quantitative estimate of drug-likeness (QED) is 0.485. The molecule has 0 aliphatic carbocycles. The van der Waals surface area contributed by atoms with Crippen LogP contribution in [-0.2, 0) is 4.74 Å². The maximum absolute atomic E-state index is 13.5. The van der Waals surface area contributed by atoms with E-state index in [-0.39, 0.29) is 36.6 Å². The van der Waals surface area contributed by atoms with Crippen LogP contribution in [0.4, 0.5) is 35.9 Å². The maximum Gasteiger partial charge on any atom is 0.393 e. The van der Waals surface area contributed by atoms with Gasteiger partial charge >= 0.3 is 6.18 Å². The Morgan fingerprint density at radius 3 is 2.65 bits per heavy atom. The number of piperidine rings is 1. The number of benzene rings is 1. The summed E-state index contributed by atoms with van der Waals surface area (Å²) in [6.07, 6.45) is -1.65. The van der Waals surface area contributed by atoms with E-state index in [9.17, 15) is 18.0 Å². The summed E-state index contributed by atoms with van der Waals surface area (Å²) >= 11 is 0. The Balaban J connectivity index is 1.41. The third kappa shape index (κ3) is 5.39. The Bertz CT molecular complexity index is 1300. The van der Waals surface area contributed by atoms with Gasteiger partial charge in [-0.1, -0.05) is 6.07 Å². The minimum absolute atomic E-state index is 0.0185. The summed E-state index contributed by atoms with van der Waals surface area (Å²) in [5.41, 5.74) is 14.6. The third-order valence-corrected chi connectivity index (χ3v) is 6.75. The van der Waals surface area contributed by atoms with Crippen molar-refractivity contribution in [3.63, 3.8) is 0 Å². The number of carbonyl (C=O) groups excluding carboxylic acids is 1. The number of hydrogen-bond donors (Lipinski definition) is 3. The number of pyridine rings is 2. The van der Waals surface area contributed by atoms with Crippen molar-refractivity contribution in [3.8, 4) is 0 Å². The molecule has 2 saturated heterocycles. The molecule has 9 nitrogen and oxygen atoms in total. The van der Waals surface area contributed by atoms with Gasteiger partial charge in [0.05, 0.1) is 47.9 Å². The molecule has 0 radical (unpaired) electrons. The van der Waals surface area contributed by atoms with Crippen molar-refractivity contribution in [2.24, 2.45) is 11.7 Å². The van der Waals surface area contributed by atoms with Gasteiger partial charge in [0, 0.05) is 49.5 Å². The van der Waals surface area contributed by atoms with Crippen LogP contribution in [0.3, 0.4) is 0 Å². The number of amides is 1. The number of nitrogens with one attached hydrogen (secondary N) is 1. The fourth-order valence-electron chi connectivity index (χ4n) is 4.88. The summed E-state index contributed by atoms with van der Waals surface area (Å²) in [6.45, 7) is 2.75. The lowest BCUT2D eigenvalue weighted by molar-refractivity contribution is -0.177. The van der Waals surface area contributed by atoms with E-state index in [2.05, 4.69) is 20.2 Å². The summed E-state index contributed by atoms with van der Waals surface area (Å²) in [7, 11) is 0. The predicted molar refractivity (Wildman–Crippen MR) is 136 cm³/mol. The standard InChI is InChI=1S/C25H28F3N7O2/c26-25(27,28)16-10-17(29)14-35(13-16)22-3-4-31-12-21(22)33-24(36)23-19(30)9-15-1-2-18(11-20(15)32-23)34-5-7-37-8-6-34/h1-4,9,11-12,16-17H,5-8,10,13-14,29-30H2,(H,33,36)/t16-,17+/m1/s1. The second-order valence-electron chi connectivity index (χ2n) is 9.39. The minimum atomic E-state index is -4.36. The number of hydrogen-bond acceptors (Lipinski definition) is 8. The molecule has 0 spiro atoms. The van der Waals surface area contributed by atoms with Crippen molar-refractivity contribution in [1.29, 1.82) is 0 Å². The number of aromatic nitrogens is 2. The van der Waals surface area contributed by atoms with Crippen LogP contribution in [0, 0.1) is 5.92 Å². The highest BCUT2D eigenvalue weighted by Gasteiger charge is 2.44. The number of nitrogens with zero attached hydrogens (tertiary/aromatic N) is 4. The van der Waals surface area contributed by atoms with Crippen LogP contribution in [0.2, 0.25) is 0 Å². The highest BCUT2D eigenvalue weighted by Crippen LogP contribution is 2.36. The van der Waals surface area contributed by atoms with Crippen LogP contribution in [0.15, 0.2) is 42.7 Å². The zero-order valence-electron chi connectivity index (χ0n) is 20.0. The van der Waals surface area contributed by atoms with Crippen molar-refractivity contribution in [1.82, 2.24) is 9.97 Å². The molecular weight excluding hydrogens is 487 g/mol. The van der Waals surface area contributed by atoms with Gasteiger partial charge in [0.15, 0.2) is 5.69 Å². The van der Waals surface area contributed by atoms with E-state index in [4.69, 9.17) is 16.2 Å². The second kappa shape index (κ2) is 10.0. The van der Waals surface area contributed by atoms with E-state index in [0.717, 1.165) is 24.2 Å². The number of alkyl halides is 3. The number of anilines is 4. The first-order valence-corrected chi connectivity index (χ1v) is 12.0. The maximum atomic E-state index is 13.5. The molecule has 1 amide bonds. The Kier molecular flexibility index (Phi) is 6.78. The number of ether oxygens (including phenoxy) is 1. The molecule has 1 aromatic carbocycles. The molecule has 2 aliphatic rings. The van der Waals surface area contributed by atoms with Gasteiger partial charge in [0.1, 0.15) is 0 Å². The predicted octanol–water partition coefficient (Wildman–Crippen LogP) is 3.02. The molecule has 3 aromatic rings. The van der Waals surface area contributed by atoms with Crippen LogP contribution in [0.25, 0.3) is 10.9 Å². The van der Waals surface area contributed by atoms with Gasteiger partial charge in [-0.3, -0.25) is 9.78 Å². The van der Waals surface area contributed by atoms with Crippen molar-refractivity contribution < 1.29 is 22.7 Å². The molecule has 0 saturated carbocycles. The molecule has 5 rings (SSSR count). The van der Waals surface area contributed by atoms with Gasteiger partial charge in [0.25, 0.3) is 5.91 Å². The van der Waals surface area contributed by atoms with Crippen molar-refractivity contribution in [3.05, 3.63) is 48.4 Å². The average Bonchev–Trinajstić information content (AvgIpc) is 2.88. The number of carbonyl (C=O) groups is 1. The molecule has 5 N–H and O–H groups in total. The third-order valence-electron chi connectivity index (χ3n) is 6.75. The molecule has 196 valence electrons. The van der Waals surface area contributed by atoms with E-state index in [0.29, 0.717) is 24.4 Å². The van der Waals surface area contributed by atoms with Gasteiger partial charge in [-0.25, -0.2) is 4.98 Å². The lowest BCUT2D eigenvalue weighted by atomic mass is 9.93. The molecule has 12 heteroatoms. The van der Waals surface area contributed by atoms with Crippen molar-refractivity contribution in [2.45, 2.75) is 18.6 Å². The van der Waals surface area contributed by atoms with E-state index >= 15 is 0 Å². The highest BCUT2D eigenvalue weighted by molar-refractivity contribution is 6.09. The first-order chi connectivity index (χ1) is 17.7. The Morgan fingerprint density at radius 2 is 1.89 bits per heavy atom. The monoisotopic (exact) mass is 515 g/mol. The zero-order valence-corrected chi connectivity index (χ0v) is 20.0. The number of morpholine rings is 1. The largest absolute Gasteiger partial charge is 0.397 e. The van der Waals surface area contributed by atoms with Crippen LogP contribution >= 0.6 is 0 Å². The number of halogens is 3. The molecule has 2 atom stereocenters. The van der Waals surface area contributed by atoms with E-state index in [1.165, 1.54) is 17.3 Å². The summed E-state index contributed by atoms with van der Waals surface area (Å²) in [5, 5.41) is 3.53. The van der Waals surface area contributed by atoms with E-state index < -0.39 is 24.0 Å². The van der Waals surface area contributed by atoms with Gasteiger partial charge < -0.3 is 31.3 Å². The summed E-state index contributed by atoms with van der Waals surface area (Å²) in [5.74, 6) is -2.15. The summed E-state index contributed by atoms with van der Waals surface area (Å²) in [4.78, 5) is 25.5. The number of nitrogen functional groups attached to an aromatic ring is 1. The number of nitrogens with two attached hydrogens (primary N) is 2. The first kappa shape index (κ1) is 25.0. The molecule has 0 bridgehead atoms. The highest BCUT2D eigenvalue weighted by atomic mass is 19.4. The number of rotatable bonds is 4. The molecule has 2 fully saturated rings. The Hall–Kier alpha value is -3.64. The Morgan fingerprint density at radius 1 is 1.11 bits per heavy atom. The smallest absolute Gasteiger partial charge is 0.393 e. The van der Waals surface area contributed by atoms with Crippen molar-refractivity contribution >= 4 is 39.6 Å². The van der Waals surface area contributed by atoms with Crippen LogP contribution in [-0.4, -0.2) is 67.5 Å². The SMILES string of the molecule is Nc1cc2ccc(N3CCOCC3)cc2nc1C(=O)Nc1cnccc1N1C[C@@H](N)C[C@@H](C(F)(F)F)C1. The van der Waals surface area contributed by atoms with Crippen LogP contribution < -0.4 is 26.6 Å². The van der Waals surface area contributed by atoms with Crippen LogP contribution in [0.1, 0.15) is 16.9 Å². The number of fused-ring (bicyclic) bond motifs is 1. The normalized spacial score (nSPS) is 20.8. The molecule has 2 aliphatic heterocycles. The van der Waals surface area contributed by atoms with E-state index in [1.54, 1.807) is 12.1 Å². The summed E-state index contributed by atoms with van der Waals surface area (Å²) < 4.78 is 45.8. The fraction of sp³-hybridized carbons (Fsp3) is 0.400. The lowest BCUT2D eigenvalue weighted by Crippen LogP contribution is -2.51. The van der Waals surface area contributed by atoms with Crippen molar-refractivity contribution in [2.75, 3.05) is 60.2 Å².